The molecule has 3 nitrogen and oxygen atoms in total. The van der Waals surface area contributed by atoms with E-state index in [0.29, 0.717) is 5.69 Å². The third-order valence-corrected chi connectivity index (χ3v) is 2.12. The van der Waals surface area contributed by atoms with Crippen molar-refractivity contribution in [3.05, 3.63) is 28.5 Å². The number of rotatable bonds is 3. The summed E-state index contributed by atoms with van der Waals surface area (Å²) in [5.41, 5.74) is 0.835. The van der Waals surface area contributed by atoms with Crippen LogP contribution in [0.15, 0.2) is 12.1 Å². The Balaban J connectivity index is 2.87. The summed E-state index contributed by atoms with van der Waals surface area (Å²) < 4.78 is 24.2. The first-order valence-corrected chi connectivity index (χ1v) is 4.95. The first-order valence-electron chi connectivity index (χ1n) is 4.58. The van der Waals surface area contributed by atoms with Crippen molar-refractivity contribution >= 4 is 17.5 Å². The highest BCUT2D eigenvalue weighted by Gasteiger charge is 2.16. The van der Waals surface area contributed by atoms with Crippen LogP contribution in [0.4, 0.5) is 8.78 Å². The molecule has 0 fully saturated rings. The molecule has 0 N–H and O–H groups in total. The highest BCUT2D eigenvalue weighted by molar-refractivity contribution is 6.29. The monoisotopic (exact) mass is 248 g/mol. The zero-order valence-electron chi connectivity index (χ0n) is 8.88. The molecule has 16 heavy (non-hydrogen) atoms. The Kier molecular flexibility index (Phi) is 4.18. The maximum Gasteiger partial charge on any atom is 0.255 e. The quantitative estimate of drug-likeness (QED) is 0.770. The van der Waals surface area contributed by atoms with Crippen molar-refractivity contribution in [2.75, 3.05) is 13.6 Å². The average molecular weight is 249 g/mol. The van der Waals surface area contributed by atoms with Gasteiger partial charge in [-0.15, -0.1) is 0 Å². The van der Waals surface area contributed by atoms with E-state index >= 15 is 0 Å². The maximum atomic E-state index is 12.1. The summed E-state index contributed by atoms with van der Waals surface area (Å²) in [5, 5.41) is 0.175. The molecule has 1 aromatic heterocycles. The average Bonchev–Trinajstić information content (AvgIpc) is 2.13. The lowest BCUT2D eigenvalue weighted by molar-refractivity contribution is 0.0620. The van der Waals surface area contributed by atoms with Gasteiger partial charge in [0.05, 0.1) is 6.54 Å². The fraction of sp³-hybridized carbons (Fsp3) is 0.400. The highest BCUT2D eigenvalue weighted by Crippen LogP contribution is 2.12. The number of aromatic nitrogens is 1. The lowest BCUT2D eigenvalue weighted by Gasteiger charge is -2.16. The van der Waals surface area contributed by atoms with E-state index in [1.807, 2.05) is 0 Å². The molecule has 0 radical (unpaired) electrons. The van der Waals surface area contributed by atoms with E-state index < -0.39 is 18.9 Å². The van der Waals surface area contributed by atoms with Crippen molar-refractivity contribution in [1.82, 2.24) is 9.88 Å². The van der Waals surface area contributed by atoms with Crippen molar-refractivity contribution in [3.63, 3.8) is 0 Å². The van der Waals surface area contributed by atoms with Gasteiger partial charge >= 0.3 is 0 Å². The Morgan fingerprint density at radius 2 is 2.19 bits per heavy atom. The second-order valence-corrected chi connectivity index (χ2v) is 3.78. The number of amides is 1. The van der Waals surface area contributed by atoms with Gasteiger partial charge in [-0.25, -0.2) is 13.8 Å². The predicted molar refractivity (Wildman–Crippen MR) is 56.9 cm³/mol. The number of aryl methyl sites for hydroxylation is 1. The molecule has 0 bridgehead atoms. The molecule has 0 aliphatic carbocycles. The smallest absolute Gasteiger partial charge is 0.255 e. The van der Waals surface area contributed by atoms with Gasteiger partial charge in [-0.2, -0.15) is 0 Å². The van der Waals surface area contributed by atoms with Gasteiger partial charge in [-0.3, -0.25) is 4.79 Å². The Bertz CT molecular complexity index is 378. The Morgan fingerprint density at radius 1 is 1.56 bits per heavy atom. The Hall–Kier alpha value is -1.23. The topological polar surface area (TPSA) is 33.2 Å². The molecule has 1 amide bonds. The number of halogens is 3. The second-order valence-electron chi connectivity index (χ2n) is 3.40. The van der Waals surface area contributed by atoms with Crippen LogP contribution in [0.3, 0.4) is 0 Å². The largest absolute Gasteiger partial charge is 0.336 e. The van der Waals surface area contributed by atoms with Gasteiger partial charge in [0.1, 0.15) is 5.15 Å². The Morgan fingerprint density at radius 3 is 2.69 bits per heavy atom. The molecule has 1 aromatic rings. The number of alkyl halides is 2. The number of nitrogens with zero attached hydrogens (tertiary/aromatic N) is 2. The van der Waals surface area contributed by atoms with E-state index in [2.05, 4.69) is 4.98 Å². The molecule has 0 atom stereocenters. The van der Waals surface area contributed by atoms with Gasteiger partial charge in [-0.1, -0.05) is 11.6 Å². The Labute approximate surface area is 97.0 Å². The van der Waals surface area contributed by atoms with Crippen LogP contribution in [0.25, 0.3) is 0 Å². The summed E-state index contributed by atoms with van der Waals surface area (Å²) in [4.78, 5) is 16.5. The van der Waals surface area contributed by atoms with Crippen molar-refractivity contribution in [2.24, 2.45) is 0 Å². The third kappa shape index (κ3) is 3.41. The molecule has 0 unspecified atom stereocenters. The van der Waals surface area contributed by atoms with Crippen molar-refractivity contribution in [3.8, 4) is 0 Å². The first kappa shape index (κ1) is 12.8. The van der Waals surface area contributed by atoms with Crippen LogP contribution in [0.2, 0.25) is 5.15 Å². The van der Waals surface area contributed by atoms with Crippen LogP contribution in [0.5, 0.6) is 0 Å². The number of carbonyl (C=O) groups is 1. The van der Waals surface area contributed by atoms with Gasteiger partial charge in [0, 0.05) is 18.3 Å². The normalized spacial score (nSPS) is 10.6. The van der Waals surface area contributed by atoms with Crippen LogP contribution >= 0.6 is 11.6 Å². The molecule has 0 aliphatic heterocycles. The lowest BCUT2D eigenvalue weighted by Crippen LogP contribution is -2.31. The van der Waals surface area contributed by atoms with E-state index in [1.165, 1.54) is 19.2 Å². The van der Waals surface area contributed by atoms with Gasteiger partial charge in [-0.05, 0) is 19.1 Å². The maximum absolute atomic E-state index is 12.1. The van der Waals surface area contributed by atoms with Crippen LogP contribution in [-0.2, 0) is 0 Å². The molecule has 0 saturated carbocycles. The SMILES string of the molecule is Cc1cc(C(=O)N(C)CC(F)F)cc(Cl)n1. The molecule has 88 valence electrons. The minimum atomic E-state index is -2.55. The minimum Gasteiger partial charge on any atom is -0.336 e. The molecule has 1 heterocycles. The van der Waals surface area contributed by atoms with Gasteiger partial charge in [0.25, 0.3) is 12.3 Å². The van der Waals surface area contributed by atoms with E-state index in [4.69, 9.17) is 11.6 Å². The molecular weight excluding hydrogens is 238 g/mol. The zero-order valence-corrected chi connectivity index (χ0v) is 9.63. The predicted octanol–water partition coefficient (Wildman–Crippen LogP) is 2.38. The molecule has 6 heteroatoms. The number of hydrogen-bond donors (Lipinski definition) is 0. The van der Waals surface area contributed by atoms with Crippen LogP contribution in [-0.4, -0.2) is 35.8 Å². The van der Waals surface area contributed by atoms with E-state index in [9.17, 15) is 13.6 Å². The zero-order chi connectivity index (χ0) is 12.3. The lowest BCUT2D eigenvalue weighted by atomic mass is 10.2. The summed E-state index contributed by atoms with van der Waals surface area (Å²) in [6.45, 7) is 1.08. The molecule has 0 spiro atoms. The minimum absolute atomic E-state index is 0.175. The van der Waals surface area contributed by atoms with Crippen molar-refractivity contribution < 1.29 is 13.6 Å². The molecule has 0 aromatic carbocycles. The fourth-order valence-electron chi connectivity index (χ4n) is 1.26. The number of hydrogen-bond acceptors (Lipinski definition) is 2. The van der Waals surface area contributed by atoms with Crippen LogP contribution in [0, 0.1) is 6.92 Å². The molecule has 1 rings (SSSR count). The second kappa shape index (κ2) is 5.21. The van der Waals surface area contributed by atoms with Crippen molar-refractivity contribution in [2.45, 2.75) is 13.3 Å². The van der Waals surface area contributed by atoms with Crippen LogP contribution in [0.1, 0.15) is 16.1 Å². The van der Waals surface area contributed by atoms with Gasteiger partial charge in [0.15, 0.2) is 0 Å². The third-order valence-electron chi connectivity index (χ3n) is 1.93. The van der Waals surface area contributed by atoms with Crippen LogP contribution < -0.4 is 0 Å². The summed E-state index contributed by atoms with van der Waals surface area (Å²) >= 11 is 5.67. The summed E-state index contributed by atoms with van der Waals surface area (Å²) in [6, 6.07) is 2.87. The van der Waals surface area contributed by atoms with E-state index in [0.717, 1.165) is 4.90 Å². The van der Waals surface area contributed by atoms with Gasteiger partial charge < -0.3 is 4.90 Å². The highest BCUT2D eigenvalue weighted by atomic mass is 35.5. The fourth-order valence-corrected chi connectivity index (χ4v) is 1.51. The van der Waals surface area contributed by atoms with Gasteiger partial charge in [0.2, 0.25) is 0 Å². The molecular formula is C10H11ClF2N2O. The standard InChI is InChI=1S/C10H11ClF2N2O/c1-6-3-7(4-8(11)14-6)10(16)15(2)5-9(12)13/h3-4,9H,5H2,1-2H3. The number of carbonyl (C=O) groups excluding carboxylic acids is 1. The van der Waals surface area contributed by atoms with E-state index in [1.54, 1.807) is 6.92 Å². The molecule has 0 saturated heterocycles. The van der Waals surface area contributed by atoms with Crippen molar-refractivity contribution in [1.29, 1.82) is 0 Å². The molecule has 0 aliphatic rings. The van der Waals surface area contributed by atoms with E-state index in [-0.39, 0.29) is 10.7 Å². The summed E-state index contributed by atoms with van der Waals surface area (Å²) in [5.74, 6) is -0.493. The summed E-state index contributed by atoms with van der Waals surface area (Å²) in [7, 11) is 1.32. The number of pyridine rings is 1. The summed E-state index contributed by atoms with van der Waals surface area (Å²) in [6.07, 6.45) is -2.55. The first-order chi connectivity index (χ1) is 7.40.